The van der Waals surface area contributed by atoms with Gasteiger partial charge in [-0.05, 0) is 52.5 Å². The van der Waals surface area contributed by atoms with E-state index in [1.54, 1.807) is 0 Å². The van der Waals surface area contributed by atoms with Crippen molar-refractivity contribution < 1.29 is 9.90 Å². The topological polar surface area (TPSA) is 52.6 Å². The van der Waals surface area contributed by atoms with Gasteiger partial charge in [-0.25, -0.2) is 0 Å². The minimum Gasteiger partial charge on any atom is -0.390 e. The van der Waals surface area contributed by atoms with Crippen molar-refractivity contribution in [1.29, 1.82) is 0 Å². The van der Waals surface area contributed by atoms with Gasteiger partial charge in [0.2, 0.25) is 5.91 Å². The Morgan fingerprint density at radius 2 is 1.90 bits per heavy atom. The SMILES string of the molecule is CC(C(=O)NC1CCCCC1)N1CCCC(C)(O)CC1. The third-order valence-corrected chi connectivity index (χ3v) is 4.98. The van der Waals surface area contributed by atoms with Crippen LogP contribution >= 0.6 is 0 Å². The van der Waals surface area contributed by atoms with Gasteiger partial charge in [0.1, 0.15) is 0 Å². The number of hydrogen-bond acceptors (Lipinski definition) is 3. The van der Waals surface area contributed by atoms with E-state index in [4.69, 9.17) is 0 Å². The van der Waals surface area contributed by atoms with Crippen molar-refractivity contribution in [1.82, 2.24) is 10.2 Å². The molecule has 2 fully saturated rings. The van der Waals surface area contributed by atoms with Gasteiger partial charge < -0.3 is 10.4 Å². The maximum Gasteiger partial charge on any atom is 0.237 e. The normalized spacial score (nSPS) is 31.6. The monoisotopic (exact) mass is 282 g/mol. The number of carbonyl (C=O) groups is 1. The van der Waals surface area contributed by atoms with Crippen LogP contribution in [0.4, 0.5) is 0 Å². The van der Waals surface area contributed by atoms with Crippen LogP contribution in [0, 0.1) is 0 Å². The van der Waals surface area contributed by atoms with Gasteiger partial charge in [0.25, 0.3) is 0 Å². The molecule has 2 rings (SSSR count). The molecule has 20 heavy (non-hydrogen) atoms. The summed E-state index contributed by atoms with van der Waals surface area (Å²) >= 11 is 0. The largest absolute Gasteiger partial charge is 0.390 e. The average molecular weight is 282 g/mol. The minimum absolute atomic E-state index is 0.0779. The molecule has 0 bridgehead atoms. The Bertz CT molecular complexity index is 324. The number of hydrogen-bond donors (Lipinski definition) is 2. The van der Waals surface area contributed by atoms with Gasteiger partial charge in [-0.15, -0.1) is 0 Å². The van der Waals surface area contributed by atoms with Crippen LogP contribution in [0.3, 0.4) is 0 Å². The lowest BCUT2D eigenvalue weighted by Gasteiger charge is -2.30. The lowest BCUT2D eigenvalue weighted by Crippen LogP contribution is -2.49. The van der Waals surface area contributed by atoms with Crippen LogP contribution in [-0.4, -0.2) is 46.7 Å². The highest BCUT2D eigenvalue weighted by atomic mass is 16.3. The smallest absolute Gasteiger partial charge is 0.237 e. The number of nitrogens with one attached hydrogen (secondary N) is 1. The van der Waals surface area contributed by atoms with Gasteiger partial charge in [0, 0.05) is 12.6 Å². The van der Waals surface area contributed by atoms with Crippen molar-refractivity contribution in [2.75, 3.05) is 13.1 Å². The summed E-state index contributed by atoms with van der Waals surface area (Å²) in [7, 11) is 0. The molecule has 1 heterocycles. The summed E-state index contributed by atoms with van der Waals surface area (Å²) in [6, 6.07) is 0.305. The molecule has 0 aromatic rings. The number of carbonyl (C=O) groups excluding carboxylic acids is 1. The standard InChI is InChI=1S/C16H30N2O2/c1-13(15(19)17-14-7-4-3-5-8-14)18-11-6-9-16(2,20)10-12-18/h13-14,20H,3-12H2,1-2H3,(H,17,19). The van der Waals surface area contributed by atoms with Crippen LogP contribution in [-0.2, 0) is 4.79 Å². The highest BCUT2D eigenvalue weighted by molar-refractivity contribution is 5.81. The van der Waals surface area contributed by atoms with Crippen molar-refractivity contribution in [3.8, 4) is 0 Å². The first-order chi connectivity index (χ1) is 9.48. The van der Waals surface area contributed by atoms with Gasteiger partial charge in [-0.3, -0.25) is 9.69 Å². The van der Waals surface area contributed by atoms with E-state index < -0.39 is 5.60 Å². The number of rotatable bonds is 3. The molecule has 2 N–H and O–H groups in total. The van der Waals surface area contributed by atoms with E-state index in [-0.39, 0.29) is 11.9 Å². The van der Waals surface area contributed by atoms with E-state index in [9.17, 15) is 9.90 Å². The highest BCUT2D eigenvalue weighted by Crippen LogP contribution is 2.23. The molecule has 1 amide bonds. The van der Waals surface area contributed by atoms with E-state index in [2.05, 4.69) is 10.2 Å². The van der Waals surface area contributed by atoms with Crippen LogP contribution in [0.15, 0.2) is 0 Å². The third kappa shape index (κ3) is 4.45. The van der Waals surface area contributed by atoms with Gasteiger partial charge in [0.05, 0.1) is 11.6 Å². The van der Waals surface area contributed by atoms with Crippen LogP contribution in [0.5, 0.6) is 0 Å². The number of nitrogens with zero attached hydrogens (tertiary/aromatic N) is 1. The van der Waals surface area contributed by atoms with E-state index in [1.165, 1.54) is 19.3 Å². The summed E-state index contributed by atoms with van der Waals surface area (Å²) in [6.07, 6.45) is 8.61. The van der Waals surface area contributed by atoms with Crippen LogP contribution in [0.2, 0.25) is 0 Å². The van der Waals surface area contributed by atoms with Crippen molar-refractivity contribution in [3.05, 3.63) is 0 Å². The van der Waals surface area contributed by atoms with E-state index in [1.807, 2.05) is 13.8 Å². The summed E-state index contributed by atoms with van der Waals surface area (Å²) in [5.41, 5.74) is -0.561. The Morgan fingerprint density at radius 1 is 1.20 bits per heavy atom. The van der Waals surface area contributed by atoms with Crippen molar-refractivity contribution in [2.45, 2.75) is 82.9 Å². The average Bonchev–Trinajstić information content (AvgIpc) is 2.60. The molecular weight excluding hydrogens is 252 g/mol. The Balaban J connectivity index is 1.83. The quantitative estimate of drug-likeness (QED) is 0.833. The number of amides is 1. The summed E-state index contributed by atoms with van der Waals surface area (Å²) in [5.74, 6) is 0.165. The zero-order chi connectivity index (χ0) is 14.6. The molecule has 0 aromatic heterocycles. The minimum atomic E-state index is -0.561. The fourth-order valence-electron chi connectivity index (χ4n) is 3.41. The second-order valence-corrected chi connectivity index (χ2v) is 6.91. The summed E-state index contributed by atoms with van der Waals surface area (Å²) < 4.78 is 0. The molecule has 4 nitrogen and oxygen atoms in total. The Labute approximate surface area is 122 Å². The van der Waals surface area contributed by atoms with Crippen molar-refractivity contribution >= 4 is 5.91 Å². The molecule has 0 spiro atoms. The maximum absolute atomic E-state index is 12.4. The van der Waals surface area contributed by atoms with Crippen molar-refractivity contribution in [2.24, 2.45) is 0 Å². The van der Waals surface area contributed by atoms with Crippen LogP contribution < -0.4 is 5.32 Å². The molecule has 2 aliphatic rings. The maximum atomic E-state index is 12.4. The molecule has 1 saturated heterocycles. The Kier molecular flexibility index (Phi) is 5.44. The first-order valence-corrected chi connectivity index (χ1v) is 8.25. The molecular formula is C16H30N2O2. The molecule has 1 aliphatic heterocycles. The molecule has 1 saturated carbocycles. The lowest BCUT2D eigenvalue weighted by molar-refractivity contribution is -0.126. The fraction of sp³-hybridized carbons (Fsp3) is 0.938. The van der Waals surface area contributed by atoms with E-state index in [0.29, 0.717) is 6.04 Å². The van der Waals surface area contributed by atoms with Gasteiger partial charge in [-0.2, -0.15) is 0 Å². The molecule has 116 valence electrons. The van der Waals surface area contributed by atoms with Crippen molar-refractivity contribution in [3.63, 3.8) is 0 Å². The van der Waals surface area contributed by atoms with Gasteiger partial charge in [0.15, 0.2) is 0 Å². The first-order valence-electron chi connectivity index (χ1n) is 8.25. The highest BCUT2D eigenvalue weighted by Gasteiger charge is 2.30. The Morgan fingerprint density at radius 3 is 2.60 bits per heavy atom. The van der Waals surface area contributed by atoms with E-state index >= 15 is 0 Å². The molecule has 2 unspecified atom stereocenters. The second kappa shape index (κ2) is 6.90. The predicted molar refractivity (Wildman–Crippen MR) is 80.5 cm³/mol. The summed E-state index contributed by atoms with van der Waals surface area (Å²) in [4.78, 5) is 14.6. The molecule has 2 atom stereocenters. The van der Waals surface area contributed by atoms with E-state index in [0.717, 1.165) is 45.2 Å². The van der Waals surface area contributed by atoms with Crippen LogP contribution in [0.25, 0.3) is 0 Å². The number of aliphatic hydroxyl groups is 1. The zero-order valence-electron chi connectivity index (χ0n) is 13.0. The summed E-state index contributed by atoms with van der Waals surface area (Å²) in [5, 5.41) is 13.3. The van der Waals surface area contributed by atoms with Gasteiger partial charge in [-0.1, -0.05) is 19.3 Å². The number of likely N-dealkylation sites (tertiary alicyclic amines) is 1. The van der Waals surface area contributed by atoms with Gasteiger partial charge >= 0.3 is 0 Å². The van der Waals surface area contributed by atoms with Crippen LogP contribution in [0.1, 0.15) is 65.2 Å². The molecule has 4 heteroatoms. The second-order valence-electron chi connectivity index (χ2n) is 6.91. The first kappa shape index (κ1) is 15.8. The lowest BCUT2D eigenvalue weighted by atomic mass is 9.95. The summed E-state index contributed by atoms with van der Waals surface area (Å²) in [6.45, 7) is 5.63. The Hall–Kier alpha value is -0.610. The molecule has 0 radical (unpaired) electrons. The zero-order valence-corrected chi connectivity index (χ0v) is 13.0. The predicted octanol–water partition coefficient (Wildman–Crippen LogP) is 2.06. The fourth-order valence-corrected chi connectivity index (χ4v) is 3.41. The third-order valence-electron chi connectivity index (χ3n) is 4.98. The molecule has 0 aromatic carbocycles. The molecule has 1 aliphatic carbocycles.